The molecule has 4 aromatic rings. The summed E-state index contributed by atoms with van der Waals surface area (Å²) in [7, 11) is 1.59. The molecule has 2 amide bonds. The second-order valence-corrected chi connectivity index (χ2v) is 14.2. The van der Waals surface area contributed by atoms with Gasteiger partial charge in [0.1, 0.15) is 12.2 Å². The molecule has 1 heterocycles. The van der Waals surface area contributed by atoms with Gasteiger partial charge in [0.25, 0.3) is 5.91 Å². The van der Waals surface area contributed by atoms with E-state index in [1.165, 1.54) is 5.56 Å². The Bertz CT molecular complexity index is 1710. The Hall–Kier alpha value is -4.37. The van der Waals surface area contributed by atoms with E-state index in [-0.39, 0.29) is 23.7 Å². The Morgan fingerprint density at radius 1 is 0.900 bits per heavy atom. The molecule has 4 aromatic carbocycles. The SMILES string of the molecule is COc1c(OCCCNCCCc2ccccc2)cccc1C1OC(CC(=O)Nc2ccccc2)C(=O)N(CC(C)(C)C)c2ccc(Cl)cc21. The molecule has 0 saturated heterocycles. The van der Waals surface area contributed by atoms with Crippen molar-refractivity contribution in [2.45, 2.75) is 58.7 Å². The summed E-state index contributed by atoms with van der Waals surface area (Å²) in [6, 6.07) is 30.8. The van der Waals surface area contributed by atoms with Crippen LogP contribution in [0.5, 0.6) is 11.5 Å². The Kier molecular flexibility index (Phi) is 12.9. The number of amides is 2. The fourth-order valence-corrected chi connectivity index (χ4v) is 6.30. The van der Waals surface area contributed by atoms with Gasteiger partial charge in [0.15, 0.2) is 11.5 Å². The third kappa shape index (κ3) is 10.1. The lowest BCUT2D eigenvalue weighted by Gasteiger charge is -2.31. The van der Waals surface area contributed by atoms with Crippen molar-refractivity contribution in [1.29, 1.82) is 0 Å². The number of hydrogen-bond donors (Lipinski definition) is 2. The lowest BCUT2D eigenvalue weighted by molar-refractivity contribution is -0.136. The molecular weight excluding hydrogens is 650 g/mol. The average molecular weight is 698 g/mol. The number of fused-ring (bicyclic) bond motifs is 1. The molecule has 50 heavy (non-hydrogen) atoms. The Morgan fingerprint density at radius 2 is 1.62 bits per heavy atom. The van der Waals surface area contributed by atoms with Gasteiger partial charge in [-0.1, -0.05) is 93.0 Å². The van der Waals surface area contributed by atoms with Gasteiger partial charge in [-0.2, -0.15) is 0 Å². The van der Waals surface area contributed by atoms with Gasteiger partial charge in [-0.05, 0) is 79.7 Å². The maximum atomic E-state index is 14.3. The fraction of sp³-hybridized carbons (Fsp3) is 0.366. The number of carbonyl (C=O) groups is 2. The van der Waals surface area contributed by atoms with E-state index in [9.17, 15) is 9.59 Å². The number of benzene rings is 4. The number of methoxy groups -OCH3 is 1. The molecule has 0 aromatic heterocycles. The van der Waals surface area contributed by atoms with Crippen LogP contribution in [-0.2, 0) is 20.7 Å². The smallest absolute Gasteiger partial charge is 0.256 e. The molecule has 2 unspecified atom stereocenters. The zero-order valence-electron chi connectivity index (χ0n) is 29.4. The molecule has 0 spiro atoms. The second kappa shape index (κ2) is 17.5. The van der Waals surface area contributed by atoms with Crippen LogP contribution >= 0.6 is 11.6 Å². The van der Waals surface area contributed by atoms with E-state index < -0.39 is 12.2 Å². The van der Waals surface area contributed by atoms with E-state index in [1.807, 2.05) is 54.6 Å². The zero-order chi connectivity index (χ0) is 35.5. The monoisotopic (exact) mass is 697 g/mol. The minimum absolute atomic E-state index is 0.177. The molecule has 5 rings (SSSR count). The molecule has 8 nitrogen and oxygen atoms in total. The van der Waals surface area contributed by atoms with Crippen LogP contribution in [0.15, 0.2) is 97.1 Å². The minimum atomic E-state index is -1.08. The molecule has 0 radical (unpaired) electrons. The van der Waals surface area contributed by atoms with E-state index in [2.05, 4.69) is 55.7 Å². The Morgan fingerprint density at radius 3 is 2.34 bits per heavy atom. The van der Waals surface area contributed by atoms with Gasteiger partial charge in [-0.25, -0.2) is 0 Å². The summed E-state index contributed by atoms with van der Waals surface area (Å²) >= 11 is 6.59. The van der Waals surface area contributed by atoms with Gasteiger partial charge in [0, 0.05) is 34.1 Å². The van der Waals surface area contributed by atoms with Crippen molar-refractivity contribution in [1.82, 2.24) is 5.32 Å². The molecule has 0 bridgehead atoms. The summed E-state index contributed by atoms with van der Waals surface area (Å²) in [5.41, 5.74) is 3.80. The molecule has 2 atom stereocenters. The Labute approximate surface area is 301 Å². The number of nitrogens with zero attached hydrogens (tertiary/aromatic N) is 1. The standard InChI is InChI=1S/C41H48ClN3O5/c1-41(2,3)28-45-34-22-21-30(42)26-33(34)38(50-36(40(45)47)27-37(46)44-31-17-9-6-10-18-31)32-19-11-20-35(39(32)48-4)49-25-13-24-43-23-12-16-29-14-7-5-8-15-29/h5-11,14-15,17-22,26,36,38,43H,12-13,16,23-25,27-28H2,1-4H3,(H,44,46). The molecule has 0 saturated carbocycles. The molecule has 1 aliphatic heterocycles. The first-order chi connectivity index (χ1) is 24.1. The van der Waals surface area contributed by atoms with Crippen molar-refractivity contribution in [3.63, 3.8) is 0 Å². The number of anilines is 2. The van der Waals surface area contributed by atoms with Gasteiger partial charge < -0.3 is 29.7 Å². The average Bonchev–Trinajstić information content (AvgIpc) is 3.19. The van der Waals surface area contributed by atoms with Crippen LogP contribution in [-0.4, -0.2) is 51.3 Å². The third-order valence-corrected chi connectivity index (χ3v) is 8.61. The van der Waals surface area contributed by atoms with Crippen LogP contribution in [0.1, 0.15) is 62.8 Å². The first-order valence-corrected chi connectivity index (χ1v) is 17.7. The number of rotatable bonds is 15. The predicted octanol–water partition coefficient (Wildman–Crippen LogP) is 8.24. The van der Waals surface area contributed by atoms with Crippen molar-refractivity contribution in [3.05, 3.63) is 119 Å². The summed E-state index contributed by atoms with van der Waals surface area (Å²) in [4.78, 5) is 29.4. The van der Waals surface area contributed by atoms with Gasteiger partial charge >= 0.3 is 0 Å². The maximum absolute atomic E-state index is 14.3. The number of para-hydroxylation sites is 2. The number of carbonyl (C=O) groups excluding carboxylic acids is 2. The van der Waals surface area contributed by atoms with Gasteiger partial charge in [0.05, 0.1) is 20.1 Å². The van der Waals surface area contributed by atoms with E-state index in [1.54, 1.807) is 30.2 Å². The first-order valence-electron chi connectivity index (χ1n) is 17.3. The van der Waals surface area contributed by atoms with Crippen LogP contribution in [0.25, 0.3) is 0 Å². The van der Waals surface area contributed by atoms with Crippen LogP contribution in [0.3, 0.4) is 0 Å². The van der Waals surface area contributed by atoms with Crippen molar-refractivity contribution in [3.8, 4) is 11.5 Å². The zero-order valence-corrected chi connectivity index (χ0v) is 30.2. The van der Waals surface area contributed by atoms with E-state index >= 15 is 0 Å². The second-order valence-electron chi connectivity index (χ2n) is 13.7. The topological polar surface area (TPSA) is 89.1 Å². The van der Waals surface area contributed by atoms with Gasteiger partial charge in [-0.3, -0.25) is 9.59 Å². The van der Waals surface area contributed by atoms with E-state index in [4.69, 9.17) is 25.8 Å². The van der Waals surface area contributed by atoms with E-state index in [0.29, 0.717) is 52.2 Å². The molecule has 9 heteroatoms. The highest BCUT2D eigenvalue weighted by Gasteiger charge is 2.40. The summed E-state index contributed by atoms with van der Waals surface area (Å²) < 4.78 is 18.9. The summed E-state index contributed by atoms with van der Waals surface area (Å²) in [5, 5.41) is 6.91. The number of hydrogen-bond acceptors (Lipinski definition) is 6. The molecule has 0 aliphatic carbocycles. The van der Waals surface area contributed by atoms with E-state index in [0.717, 1.165) is 32.4 Å². The highest BCUT2D eigenvalue weighted by atomic mass is 35.5. The lowest BCUT2D eigenvalue weighted by Crippen LogP contribution is -2.44. The van der Waals surface area contributed by atoms with Crippen molar-refractivity contribution in [2.24, 2.45) is 5.41 Å². The number of halogens is 1. The van der Waals surface area contributed by atoms with Crippen LogP contribution in [0.2, 0.25) is 5.02 Å². The summed E-state index contributed by atoms with van der Waals surface area (Å²) in [6.45, 7) is 8.87. The number of nitrogens with one attached hydrogen (secondary N) is 2. The maximum Gasteiger partial charge on any atom is 0.256 e. The number of ether oxygens (including phenoxy) is 3. The van der Waals surface area contributed by atoms with Gasteiger partial charge in [0.2, 0.25) is 5.91 Å². The largest absolute Gasteiger partial charge is 0.492 e. The molecule has 264 valence electrons. The first kappa shape index (κ1) is 36.9. The molecular formula is C41H48ClN3O5. The van der Waals surface area contributed by atoms with Crippen molar-refractivity contribution in [2.75, 3.05) is 43.6 Å². The quantitative estimate of drug-likeness (QED) is 0.122. The molecule has 2 N–H and O–H groups in total. The minimum Gasteiger partial charge on any atom is -0.492 e. The van der Waals surface area contributed by atoms with Crippen LogP contribution in [0.4, 0.5) is 11.4 Å². The summed E-state index contributed by atoms with van der Waals surface area (Å²) in [6.07, 6.45) is 0.883. The lowest BCUT2D eigenvalue weighted by atomic mass is 9.94. The van der Waals surface area contributed by atoms with Crippen molar-refractivity contribution >= 4 is 34.8 Å². The van der Waals surface area contributed by atoms with Crippen molar-refractivity contribution < 1.29 is 23.8 Å². The highest BCUT2D eigenvalue weighted by molar-refractivity contribution is 6.30. The normalized spacial score (nSPS) is 16.0. The predicted molar refractivity (Wildman–Crippen MR) is 200 cm³/mol. The van der Waals surface area contributed by atoms with Crippen LogP contribution < -0.4 is 25.0 Å². The number of aryl methyl sites for hydroxylation is 1. The van der Waals surface area contributed by atoms with Crippen LogP contribution in [0, 0.1) is 5.41 Å². The molecule has 1 aliphatic rings. The highest BCUT2D eigenvalue weighted by Crippen LogP contribution is 2.45. The van der Waals surface area contributed by atoms with Gasteiger partial charge in [-0.15, -0.1) is 0 Å². The Balaban J connectivity index is 1.36. The fourth-order valence-electron chi connectivity index (χ4n) is 6.12. The third-order valence-electron chi connectivity index (χ3n) is 8.38. The summed E-state index contributed by atoms with van der Waals surface area (Å²) in [5.74, 6) is 0.452. The molecule has 0 fully saturated rings.